The van der Waals surface area contributed by atoms with Crippen LogP contribution in [-0.4, -0.2) is 32.5 Å². The fourth-order valence-corrected chi connectivity index (χ4v) is 4.53. The van der Waals surface area contributed by atoms with Crippen molar-refractivity contribution < 1.29 is 8.42 Å². The monoisotopic (exact) mass is 289 g/mol. The van der Waals surface area contributed by atoms with Gasteiger partial charge >= 0.3 is 0 Å². The minimum Gasteiger partial charge on any atom is -0.315 e. The SMILES string of the molecule is CCCCCCCCCCNCC1CCCS1(=O)=O. The zero-order valence-electron chi connectivity index (χ0n) is 12.5. The Balaban J connectivity index is 1.86. The first kappa shape index (κ1) is 17.0. The summed E-state index contributed by atoms with van der Waals surface area (Å²) in [6.45, 7) is 3.88. The molecule has 0 amide bonds. The molecule has 0 aliphatic carbocycles. The van der Waals surface area contributed by atoms with Gasteiger partial charge in [0.05, 0.1) is 11.0 Å². The molecule has 1 heterocycles. The van der Waals surface area contributed by atoms with Crippen molar-refractivity contribution >= 4 is 9.84 Å². The van der Waals surface area contributed by atoms with Crippen molar-refractivity contribution in [1.82, 2.24) is 5.32 Å². The minimum atomic E-state index is -2.76. The molecule has 1 unspecified atom stereocenters. The average Bonchev–Trinajstić information content (AvgIpc) is 2.71. The Morgan fingerprint density at radius 3 is 2.21 bits per heavy atom. The highest BCUT2D eigenvalue weighted by atomic mass is 32.2. The van der Waals surface area contributed by atoms with Gasteiger partial charge in [-0.15, -0.1) is 0 Å². The number of hydrogen-bond acceptors (Lipinski definition) is 3. The summed E-state index contributed by atoms with van der Waals surface area (Å²) in [4.78, 5) is 0. The third-order valence-electron chi connectivity index (χ3n) is 4.04. The maximum Gasteiger partial charge on any atom is 0.154 e. The van der Waals surface area contributed by atoms with Crippen molar-refractivity contribution in [2.45, 2.75) is 76.4 Å². The average molecular weight is 289 g/mol. The molecule has 4 heteroatoms. The molecule has 0 aromatic heterocycles. The Hall–Kier alpha value is -0.0900. The summed E-state index contributed by atoms with van der Waals surface area (Å²) in [7, 11) is -2.76. The van der Waals surface area contributed by atoms with E-state index in [9.17, 15) is 8.42 Å². The molecule has 0 radical (unpaired) electrons. The topological polar surface area (TPSA) is 46.2 Å². The van der Waals surface area contributed by atoms with E-state index in [0.717, 1.165) is 19.4 Å². The van der Waals surface area contributed by atoms with Crippen LogP contribution in [0.1, 0.15) is 71.1 Å². The van der Waals surface area contributed by atoms with Gasteiger partial charge in [-0.3, -0.25) is 0 Å². The molecular weight excluding hydrogens is 258 g/mol. The van der Waals surface area contributed by atoms with E-state index in [-0.39, 0.29) is 5.25 Å². The Kier molecular flexibility index (Phi) is 8.71. The van der Waals surface area contributed by atoms with Gasteiger partial charge in [-0.05, 0) is 25.8 Å². The molecule has 114 valence electrons. The minimum absolute atomic E-state index is 0.110. The number of hydrogen-bond donors (Lipinski definition) is 1. The molecule has 1 aliphatic heterocycles. The van der Waals surface area contributed by atoms with Crippen LogP contribution in [0.25, 0.3) is 0 Å². The van der Waals surface area contributed by atoms with Gasteiger partial charge in [-0.25, -0.2) is 8.42 Å². The molecule has 0 aromatic carbocycles. The highest BCUT2D eigenvalue weighted by Crippen LogP contribution is 2.19. The highest BCUT2D eigenvalue weighted by Gasteiger charge is 2.30. The first-order valence-corrected chi connectivity index (χ1v) is 9.80. The van der Waals surface area contributed by atoms with Crippen molar-refractivity contribution in [1.29, 1.82) is 0 Å². The molecular formula is C15H31NO2S. The van der Waals surface area contributed by atoms with Crippen LogP contribution in [0.3, 0.4) is 0 Å². The van der Waals surface area contributed by atoms with E-state index in [1.54, 1.807) is 0 Å². The lowest BCUT2D eigenvalue weighted by molar-refractivity contribution is 0.543. The first-order chi connectivity index (χ1) is 9.17. The Labute approximate surface area is 119 Å². The van der Waals surface area contributed by atoms with Gasteiger partial charge in [-0.2, -0.15) is 0 Å². The normalized spacial score (nSPS) is 21.8. The van der Waals surface area contributed by atoms with Crippen LogP contribution in [-0.2, 0) is 9.84 Å². The van der Waals surface area contributed by atoms with Crippen LogP contribution >= 0.6 is 0 Å². The molecule has 1 atom stereocenters. The number of rotatable bonds is 11. The lowest BCUT2D eigenvalue weighted by Crippen LogP contribution is -2.31. The van der Waals surface area contributed by atoms with E-state index in [0.29, 0.717) is 12.3 Å². The van der Waals surface area contributed by atoms with Crippen LogP contribution in [0.15, 0.2) is 0 Å². The standard InChI is InChI=1S/C15H31NO2S/c1-2-3-4-5-6-7-8-9-12-16-14-15-11-10-13-19(15,17)18/h15-16H,2-14H2,1H3. The molecule has 0 saturated carbocycles. The van der Waals surface area contributed by atoms with Gasteiger partial charge in [0.25, 0.3) is 0 Å². The van der Waals surface area contributed by atoms with Gasteiger partial charge in [0.1, 0.15) is 0 Å². The van der Waals surface area contributed by atoms with E-state index < -0.39 is 9.84 Å². The van der Waals surface area contributed by atoms with E-state index >= 15 is 0 Å². The Morgan fingerprint density at radius 1 is 1.00 bits per heavy atom. The maximum absolute atomic E-state index is 11.6. The van der Waals surface area contributed by atoms with E-state index in [1.807, 2.05) is 0 Å². The van der Waals surface area contributed by atoms with Crippen molar-refractivity contribution in [3.05, 3.63) is 0 Å². The summed E-state index contributed by atoms with van der Waals surface area (Å²) in [5, 5.41) is 3.21. The van der Waals surface area contributed by atoms with Gasteiger partial charge in [0, 0.05) is 6.54 Å². The van der Waals surface area contributed by atoms with E-state index in [2.05, 4.69) is 12.2 Å². The largest absolute Gasteiger partial charge is 0.315 e. The van der Waals surface area contributed by atoms with Crippen molar-refractivity contribution in [3.8, 4) is 0 Å². The van der Waals surface area contributed by atoms with Gasteiger partial charge < -0.3 is 5.32 Å². The second-order valence-corrected chi connectivity index (χ2v) is 8.21. The fourth-order valence-electron chi connectivity index (χ4n) is 2.73. The second-order valence-electron chi connectivity index (χ2n) is 5.81. The third kappa shape index (κ3) is 7.31. The van der Waals surface area contributed by atoms with Crippen molar-refractivity contribution in [3.63, 3.8) is 0 Å². The first-order valence-electron chi connectivity index (χ1n) is 8.09. The summed E-state index contributed by atoms with van der Waals surface area (Å²) in [5.41, 5.74) is 0. The molecule has 1 saturated heterocycles. The van der Waals surface area contributed by atoms with E-state index in [4.69, 9.17) is 0 Å². The molecule has 1 fully saturated rings. The highest BCUT2D eigenvalue weighted by molar-refractivity contribution is 7.92. The van der Waals surface area contributed by atoms with Crippen molar-refractivity contribution in [2.75, 3.05) is 18.8 Å². The lowest BCUT2D eigenvalue weighted by atomic mass is 10.1. The van der Waals surface area contributed by atoms with Crippen LogP contribution in [0.5, 0.6) is 0 Å². The lowest BCUT2D eigenvalue weighted by Gasteiger charge is -2.10. The van der Waals surface area contributed by atoms with Crippen LogP contribution < -0.4 is 5.32 Å². The molecule has 0 bridgehead atoms. The van der Waals surface area contributed by atoms with Gasteiger partial charge in [0.15, 0.2) is 9.84 Å². The quantitative estimate of drug-likeness (QED) is 0.594. The molecule has 1 N–H and O–H groups in total. The zero-order valence-corrected chi connectivity index (χ0v) is 13.3. The Morgan fingerprint density at radius 2 is 1.63 bits per heavy atom. The predicted molar refractivity (Wildman–Crippen MR) is 82.3 cm³/mol. The zero-order chi connectivity index (χ0) is 14.0. The number of sulfone groups is 1. The number of unbranched alkanes of at least 4 members (excludes halogenated alkanes) is 7. The van der Waals surface area contributed by atoms with Crippen molar-refractivity contribution in [2.24, 2.45) is 0 Å². The molecule has 0 aromatic rings. The van der Waals surface area contributed by atoms with Crippen LogP contribution in [0.4, 0.5) is 0 Å². The van der Waals surface area contributed by atoms with Crippen LogP contribution in [0.2, 0.25) is 0 Å². The molecule has 0 spiro atoms. The molecule has 3 nitrogen and oxygen atoms in total. The summed E-state index contributed by atoms with van der Waals surface area (Å²) >= 11 is 0. The van der Waals surface area contributed by atoms with Crippen LogP contribution in [0, 0.1) is 0 Å². The molecule has 1 aliphatic rings. The maximum atomic E-state index is 11.6. The fraction of sp³-hybridized carbons (Fsp3) is 1.00. The second kappa shape index (κ2) is 9.76. The summed E-state index contributed by atoms with van der Waals surface area (Å²) in [6.07, 6.45) is 12.3. The number of nitrogens with one attached hydrogen (secondary N) is 1. The van der Waals surface area contributed by atoms with Gasteiger partial charge in [-0.1, -0.05) is 51.9 Å². The smallest absolute Gasteiger partial charge is 0.154 e. The summed E-state index contributed by atoms with van der Waals surface area (Å²) in [6, 6.07) is 0. The molecule has 1 rings (SSSR count). The Bertz CT molecular complexity index is 314. The summed E-state index contributed by atoms with van der Waals surface area (Å²) in [5.74, 6) is 0.400. The third-order valence-corrected chi connectivity index (χ3v) is 6.32. The predicted octanol–water partition coefficient (Wildman–Crippen LogP) is 3.29. The summed E-state index contributed by atoms with van der Waals surface area (Å²) < 4.78 is 23.2. The van der Waals surface area contributed by atoms with Gasteiger partial charge in [0.2, 0.25) is 0 Å². The van der Waals surface area contributed by atoms with E-state index in [1.165, 1.54) is 51.4 Å². The molecule has 19 heavy (non-hydrogen) atoms.